The van der Waals surface area contributed by atoms with Crippen LogP contribution in [0.5, 0.6) is 0 Å². The van der Waals surface area contributed by atoms with E-state index in [1.807, 2.05) is 20.8 Å². The van der Waals surface area contributed by atoms with Crippen LogP contribution in [0.2, 0.25) is 0 Å². The molecule has 0 aromatic heterocycles. The maximum absolute atomic E-state index is 11.0. The fourth-order valence-electron chi connectivity index (χ4n) is 1.60. The summed E-state index contributed by atoms with van der Waals surface area (Å²) in [5, 5.41) is 33.8. The molecule has 0 spiro atoms. The molecule has 0 amide bonds. The molecule has 0 fully saturated rings. The average molecular weight is 336 g/mol. The summed E-state index contributed by atoms with van der Waals surface area (Å²) in [5.74, 6) is -4.96. The lowest BCUT2D eigenvalue weighted by Crippen LogP contribution is -2.42. The molecule has 0 rings (SSSR count). The SMILES string of the molecule is CCOC(=O)C(CC)CC.O=C(O)CC(O)(CC(=O)O)C(=O)O. The summed E-state index contributed by atoms with van der Waals surface area (Å²) in [4.78, 5) is 41.5. The molecule has 23 heavy (non-hydrogen) atoms. The Balaban J connectivity index is 0. The van der Waals surface area contributed by atoms with Crippen molar-refractivity contribution in [1.29, 1.82) is 0 Å². The number of esters is 1. The lowest BCUT2D eigenvalue weighted by molar-refractivity contribution is -0.170. The third-order valence-electron chi connectivity index (χ3n) is 2.89. The number of carboxylic acid groups (broad SMARTS) is 3. The van der Waals surface area contributed by atoms with Crippen molar-refractivity contribution in [3.63, 3.8) is 0 Å². The summed E-state index contributed by atoms with van der Waals surface area (Å²) in [5.41, 5.74) is -2.74. The second kappa shape index (κ2) is 11.4. The summed E-state index contributed by atoms with van der Waals surface area (Å²) in [7, 11) is 0. The Morgan fingerprint density at radius 2 is 1.30 bits per heavy atom. The van der Waals surface area contributed by atoms with E-state index in [0.29, 0.717) is 6.61 Å². The van der Waals surface area contributed by atoms with Crippen molar-refractivity contribution < 1.29 is 44.3 Å². The first-order chi connectivity index (χ1) is 10.5. The number of hydrogen-bond acceptors (Lipinski definition) is 6. The van der Waals surface area contributed by atoms with E-state index in [-0.39, 0.29) is 11.9 Å². The Labute approximate surface area is 133 Å². The third kappa shape index (κ3) is 10.2. The Hall–Kier alpha value is -2.16. The molecule has 0 aliphatic rings. The van der Waals surface area contributed by atoms with E-state index in [1.165, 1.54) is 0 Å². The minimum atomic E-state index is -2.74. The van der Waals surface area contributed by atoms with Crippen LogP contribution in [0.15, 0.2) is 0 Å². The van der Waals surface area contributed by atoms with Crippen LogP contribution in [-0.2, 0) is 23.9 Å². The molecule has 0 aliphatic carbocycles. The van der Waals surface area contributed by atoms with Gasteiger partial charge in [-0.25, -0.2) is 4.79 Å². The van der Waals surface area contributed by atoms with Gasteiger partial charge in [-0.15, -0.1) is 0 Å². The first kappa shape index (κ1) is 23.1. The fourth-order valence-corrected chi connectivity index (χ4v) is 1.60. The molecule has 0 atom stereocenters. The topological polar surface area (TPSA) is 158 Å². The highest BCUT2D eigenvalue weighted by atomic mass is 16.5. The summed E-state index contributed by atoms with van der Waals surface area (Å²) < 4.78 is 4.85. The van der Waals surface area contributed by atoms with Crippen LogP contribution in [0, 0.1) is 5.92 Å². The smallest absolute Gasteiger partial charge is 0.336 e. The van der Waals surface area contributed by atoms with Gasteiger partial charge in [0.05, 0.1) is 25.4 Å². The highest BCUT2D eigenvalue weighted by molar-refractivity contribution is 5.88. The van der Waals surface area contributed by atoms with E-state index < -0.39 is 36.4 Å². The van der Waals surface area contributed by atoms with Gasteiger partial charge >= 0.3 is 23.9 Å². The van der Waals surface area contributed by atoms with Gasteiger partial charge in [-0.2, -0.15) is 0 Å². The minimum absolute atomic E-state index is 0.0486. The number of carbonyl (C=O) groups is 4. The van der Waals surface area contributed by atoms with Crippen molar-refractivity contribution >= 4 is 23.9 Å². The molecule has 0 heterocycles. The van der Waals surface area contributed by atoms with Gasteiger partial charge < -0.3 is 25.2 Å². The minimum Gasteiger partial charge on any atom is -0.481 e. The van der Waals surface area contributed by atoms with Crippen LogP contribution in [-0.4, -0.2) is 56.5 Å². The third-order valence-corrected chi connectivity index (χ3v) is 2.89. The molecule has 0 saturated carbocycles. The number of aliphatic hydroxyl groups is 1. The van der Waals surface area contributed by atoms with Crippen molar-refractivity contribution in [2.75, 3.05) is 6.61 Å². The van der Waals surface area contributed by atoms with Crippen LogP contribution in [0.25, 0.3) is 0 Å². The largest absolute Gasteiger partial charge is 0.481 e. The molecule has 0 radical (unpaired) electrons. The van der Waals surface area contributed by atoms with E-state index in [2.05, 4.69) is 0 Å². The predicted octanol–water partition coefficient (Wildman–Crippen LogP) is 0.737. The number of carbonyl (C=O) groups excluding carboxylic acids is 1. The summed E-state index contributed by atoms with van der Waals surface area (Å²) in [6.07, 6.45) is -0.520. The number of carboxylic acids is 3. The highest BCUT2D eigenvalue weighted by Gasteiger charge is 2.40. The maximum Gasteiger partial charge on any atom is 0.336 e. The van der Waals surface area contributed by atoms with E-state index >= 15 is 0 Å². The second-order valence-electron chi connectivity index (χ2n) is 4.74. The van der Waals surface area contributed by atoms with Gasteiger partial charge in [0.2, 0.25) is 0 Å². The molecular formula is C14H24O9. The van der Waals surface area contributed by atoms with Gasteiger partial charge in [-0.3, -0.25) is 14.4 Å². The van der Waals surface area contributed by atoms with Gasteiger partial charge in [-0.05, 0) is 19.8 Å². The second-order valence-corrected chi connectivity index (χ2v) is 4.74. The Morgan fingerprint density at radius 1 is 0.913 bits per heavy atom. The summed E-state index contributed by atoms with van der Waals surface area (Å²) >= 11 is 0. The van der Waals surface area contributed by atoms with E-state index in [0.717, 1.165) is 12.8 Å². The fraction of sp³-hybridized carbons (Fsp3) is 0.714. The van der Waals surface area contributed by atoms with Crippen LogP contribution in [0.4, 0.5) is 0 Å². The zero-order chi connectivity index (χ0) is 18.6. The average Bonchev–Trinajstić information content (AvgIpc) is 2.39. The molecule has 9 nitrogen and oxygen atoms in total. The van der Waals surface area contributed by atoms with Crippen LogP contribution >= 0.6 is 0 Å². The molecule has 0 aliphatic heterocycles. The van der Waals surface area contributed by atoms with E-state index in [4.69, 9.17) is 25.2 Å². The van der Waals surface area contributed by atoms with Crippen molar-refractivity contribution in [2.45, 2.75) is 52.1 Å². The van der Waals surface area contributed by atoms with Gasteiger partial charge in [0.1, 0.15) is 0 Å². The molecular weight excluding hydrogens is 312 g/mol. The molecule has 4 N–H and O–H groups in total. The molecule has 9 heteroatoms. The first-order valence-electron chi connectivity index (χ1n) is 7.09. The Morgan fingerprint density at radius 3 is 1.52 bits per heavy atom. The van der Waals surface area contributed by atoms with Gasteiger partial charge in [0.25, 0.3) is 0 Å². The van der Waals surface area contributed by atoms with Crippen LogP contribution < -0.4 is 0 Å². The zero-order valence-corrected chi connectivity index (χ0v) is 13.4. The van der Waals surface area contributed by atoms with Crippen molar-refractivity contribution in [3.8, 4) is 0 Å². The first-order valence-corrected chi connectivity index (χ1v) is 7.09. The monoisotopic (exact) mass is 336 g/mol. The highest BCUT2D eigenvalue weighted by Crippen LogP contribution is 2.15. The zero-order valence-electron chi connectivity index (χ0n) is 13.4. The van der Waals surface area contributed by atoms with Crippen molar-refractivity contribution in [2.24, 2.45) is 5.92 Å². The predicted molar refractivity (Wildman–Crippen MR) is 77.8 cm³/mol. The molecule has 134 valence electrons. The van der Waals surface area contributed by atoms with Crippen molar-refractivity contribution in [3.05, 3.63) is 0 Å². The molecule has 0 bridgehead atoms. The number of hydrogen-bond donors (Lipinski definition) is 4. The maximum atomic E-state index is 11.0. The summed E-state index contributed by atoms with van der Waals surface area (Å²) in [6.45, 7) is 6.34. The lowest BCUT2D eigenvalue weighted by Gasteiger charge is -2.18. The Kier molecular flexibility index (Phi) is 11.5. The lowest BCUT2D eigenvalue weighted by atomic mass is 9.96. The van der Waals surface area contributed by atoms with E-state index in [1.54, 1.807) is 0 Å². The van der Waals surface area contributed by atoms with Crippen LogP contribution in [0.1, 0.15) is 46.5 Å². The number of ether oxygens (including phenoxy) is 1. The van der Waals surface area contributed by atoms with Gasteiger partial charge in [0.15, 0.2) is 5.60 Å². The van der Waals surface area contributed by atoms with Gasteiger partial charge in [-0.1, -0.05) is 13.8 Å². The van der Waals surface area contributed by atoms with Crippen LogP contribution in [0.3, 0.4) is 0 Å². The number of aliphatic carboxylic acids is 3. The number of rotatable bonds is 9. The molecule has 0 aromatic rings. The normalized spacial score (nSPS) is 10.5. The standard InChI is InChI=1S/C8H16O2.C6H8O7/c1-4-7(5-2)8(9)10-6-3;7-3(8)1-6(13,5(11)12)2-4(9)10/h7H,4-6H2,1-3H3;13H,1-2H2,(H,7,8)(H,9,10)(H,11,12). The van der Waals surface area contributed by atoms with Crippen molar-refractivity contribution in [1.82, 2.24) is 0 Å². The van der Waals surface area contributed by atoms with E-state index in [9.17, 15) is 19.2 Å². The quantitative estimate of drug-likeness (QED) is 0.445. The molecule has 0 saturated heterocycles. The Bertz CT molecular complexity index is 396. The van der Waals surface area contributed by atoms with Gasteiger partial charge in [0, 0.05) is 0 Å². The summed E-state index contributed by atoms with van der Waals surface area (Å²) in [6, 6.07) is 0. The molecule has 0 aromatic carbocycles. The molecule has 0 unspecified atom stereocenters.